The molecule has 1 aromatic rings. The van der Waals surface area contributed by atoms with Crippen molar-refractivity contribution in [2.75, 3.05) is 6.61 Å². The SMILES string of the molecule is CC.CCCC(CO)c1ccc(Cl)cc1. The van der Waals surface area contributed by atoms with E-state index in [0.29, 0.717) is 0 Å². The van der Waals surface area contributed by atoms with Gasteiger partial charge in [-0.3, -0.25) is 0 Å². The van der Waals surface area contributed by atoms with E-state index in [1.54, 1.807) is 0 Å². The van der Waals surface area contributed by atoms with Crippen LogP contribution in [0.5, 0.6) is 0 Å². The highest BCUT2D eigenvalue weighted by Gasteiger charge is 2.08. The lowest BCUT2D eigenvalue weighted by atomic mass is 9.96. The maximum Gasteiger partial charge on any atom is 0.0499 e. The molecule has 2 heteroatoms. The Hall–Kier alpha value is -0.530. The van der Waals surface area contributed by atoms with Gasteiger partial charge in [-0.05, 0) is 24.1 Å². The summed E-state index contributed by atoms with van der Waals surface area (Å²) < 4.78 is 0. The molecule has 1 rings (SSSR count). The summed E-state index contributed by atoms with van der Waals surface area (Å²) in [6.45, 7) is 6.34. The molecule has 1 atom stereocenters. The van der Waals surface area contributed by atoms with E-state index in [1.807, 2.05) is 38.1 Å². The minimum Gasteiger partial charge on any atom is -0.396 e. The average Bonchev–Trinajstić information content (AvgIpc) is 2.30. The molecule has 0 saturated heterocycles. The number of rotatable bonds is 4. The molecule has 0 heterocycles. The van der Waals surface area contributed by atoms with Gasteiger partial charge in [-0.25, -0.2) is 0 Å². The summed E-state index contributed by atoms with van der Waals surface area (Å²) in [7, 11) is 0. The highest BCUT2D eigenvalue weighted by molar-refractivity contribution is 6.30. The zero-order valence-corrected chi connectivity index (χ0v) is 10.6. The molecule has 1 nitrogen and oxygen atoms in total. The first-order chi connectivity index (χ1) is 7.27. The molecule has 0 amide bonds. The topological polar surface area (TPSA) is 20.2 Å². The van der Waals surface area contributed by atoms with E-state index in [9.17, 15) is 0 Å². The van der Waals surface area contributed by atoms with Crippen LogP contribution in [-0.4, -0.2) is 11.7 Å². The largest absolute Gasteiger partial charge is 0.396 e. The van der Waals surface area contributed by atoms with Gasteiger partial charge in [0.2, 0.25) is 0 Å². The third-order valence-electron chi connectivity index (χ3n) is 2.20. The van der Waals surface area contributed by atoms with Crippen LogP contribution < -0.4 is 0 Å². The van der Waals surface area contributed by atoms with Crippen LogP contribution in [0.2, 0.25) is 5.02 Å². The zero-order chi connectivity index (χ0) is 11.7. The Balaban J connectivity index is 0.000000921. The van der Waals surface area contributed by atoms with Gasteiger partial charge in [0.15, 0.2) is 0 Å². The molecular weight excluding hydrogens is 208 g/mol. The van der Waals surface area contributed by atoms with Gasteiger partial charge < -0.3 is 5.11 Å². The summed E-state index contributed by atoms with van der Waals surface area (Å²) in [5, 5.41) is 9.89. The van der Waals surface area contributed by atoms with Gasteiger partial charge in [-0.1, -0.05) is 50.9 Å². The van der Waals surface area contributed by atoms with E-state index in [0.717, 1.165) is 17.9 Å². The van der Waals surface area contributed by atoms with E-state index in [-0.39, 0.29) is 12.5 Å². The van der Waals surface area contributed by atoms with E-state index in [4.69, 9.17) is 16.7 Å². The first-order valence-electron chi connectivity index (χ1n) is 5.64. The second-order valence-corrected chi connectivity index (χ2v) is 3.66. The van der Waals surface area contributed by atoms with Crippen molar-refractivity contribution in [3.05, 3.63) is 34.9 Å². The van der Waals surface area contributed by atoms with Gasteiger partial charge >= 0.3 is 0 Å². The standard InChI is InChI=1S/C11H15ClO.C2H6/c1-2-3-10(8-13)9-4-6-11(12)7-5-9;1-2/h4-7,10,13H,2-3,8H2,1H3;1-2H3. The van der Waals surface area contributed by atoms with E-state index >= 15 is 0 Å². The normalized spacial score (nSPS) is 11.5. The molecule has 0 aromatic heterocycles. The molecule has 0 saturated carbocycles. The van der Waals surface area contributed by atoms with Crippen molar-refractivity contribution in [2.24, 2.45) is 0 Å². The molecular formula is C13H21ClO. The predicted octanol–water partition coefficient (Wildman–Crippen LogP) is 4.24. The van der Waals surface area contributed by atoms with E-state index < -0.39 is 0 Å². The molecule has 86 valence electrons. The lowest BCUT2D eigenvalue weighted by molar-refractivity contribution is 0.258. The minimum atomic E-state index is 0.218. The quantitative estimate of drug-likeness (QED) is 0.817. The minimum absolute atomic E-state index is 0.218. The highest BCUT2D eigenvalue weighted by Crippen LogP contribution is 2.22. The van der Waals surface area contributed by atoms with Gasteiger partial charge in [-0.2, -0.15) is 0 Å². The molecule has 1 unspecified atom stereocenters. The van der Waals surface area contributed by atoms with Crippen LogP contribution in [0.4, 0.5) is 0 Å². The molecule has 0 aliphatic heterocycles. The average molecular weight is 229 g/mol. The van der Waals surface area contributed by atoms with Crippen molar-refractivity contribution in [3.8, 4) is 0 Å². The Morgan fingerprint density at radius 2 is 1.73 bits per heavy atom. The van der Waals surface area contributed by atoms with Crippen LogP contribution in [0, 0.1) is 0 Å². The van der Waals surface area contributed by atoms with Gasteiger partial charge in [0.25, 0.3) is 0 Å². The number of aliphatic hydroxyl groups is 1. The molecule has 0 bridgehead atoms. The molecule has 0 radical (unpaired) electrons. The Bertz CT molecular complexity index is 243. The van der Waals surface area contributed by atoms with E-state index in [2.05, 4.69) is 6.92 Å². The van der Waals surface area contributed by atoms with Crippen molar-refractivity contribution in [1.82, 2.24) is 0 Å². The highest BCUT2D eigenvalue weighted by atomic mass is 35.5. The molecule has 0 fully saturated rings. The second kappa shape index (κ2) is 8.75. The van der Waals surface area contributed by atoms with Crippen LogP contribution in [0.1, 0.15) is 45.1 Å². The fraction of sp³-hybridized carbons (Fsp3) is 0.538. The Labute approximate surface area is 98.1 Å². The second-order valence-electron chi connectivity index (χ2n) is 3.22. The summed E-state index contributed by atoms with van der Waals surface area (Å²) in [6, 6.07) is 7.71. The van der Waals surface area contributed by atoms with Crippen molar-refractivity contribution in [3.63, 3.8) is 0 Å². The fourth-order valence-corrected chi connectivity index (χ4v) is 1.57. The summed E-state index contributed by atoms with van der Waals surface area (Å²) in [6.07, 6.45) is 2.12. The van der Waals surface area contributed by atoms with Crippen molar-refractivity contribution < 1.29 is 5.11 Å². The maximum atomic E-state index is 9.15. The van der Waals surface area contributed by atoms with Crippen molar-refractivity contribution in [2.45, 2.75) is 39.5 Å². The zero-order valence-electron chi connectivity index (χ0n) is 9.83. The van der Waals surface area contributed by atoms with Crippen molar-refractivity contribution in [1.29, 1.82) is 0 Å². The third kappa shape index (κ3) is 5.19. The molecule has 0 aliphatic rings. The monoisotopic (exact) mass is 228 g/mol. The summed E-state index contributed by atoms with van der Waals surface area (Å²) in [5.74, 6) is 0.266. The van der Waals surface area contributed by atoms with E-state index in [1.165, 1.54) is 5.56 Å². The van der Waals surface area contributed by atoms with Gasteiger partial charge in [-0.15, -0.1) is 0 Å². The van der Waals surface area contributed by atoms with Gasteiger partial charge in [0.05, 0.1) is 0 Å². The number of benzene rings is 1. The molecule has 1 N–H and O–H groups in total. The van der Waals surface area contributed by atoms with Gasteiger partial charge in [0, 0.05) is 17.5 Å². The predicted molar refractivity (Wildman–Crippen MR) is 67.5 cm³/mol. The maximum absolute atomic E-state index is 9.15. The number of hydrogen-bond donors (Lipinski definition) is 1. The van der Waals surface area contributed by atoms with Crippen LogP contribution in [0.25, 0.3) is 0 Å². The Morgan fingerprint density at radius 3 is 2.13 bits per heavy atom. The van der Waals surface area contributed by atoms with Crippen LogP contribution in [-0.2, 0) is 0 Å². The van der Waals surface area contributed by atoms with Crippen LogP contribution >= 0.6 is 11.6 Å². The first-order valence-corrected chi connectivity index (χ1v) is 6.02. The molecule has 15 heavy (non-hydrogen) atoms. The third-order valence-corrected chi connectivity index (χ3v) is 2.45. The number of aliphatic hydroxyl groups excluding tert-OH is 1. The first kappa shape index (κ1) is 14.5. The Morgan fingerprint density at radius 1 is 1.20 bits per heavy atom. The van der Waals surface area contributed by atoms with Crippen molar-refractivity contribution >= 4 is 11.6 Å². The lowest BCUT2D eigenvalue weighted by Crippen LogP contribution is -2.03. The Kier molecular flexibility index (Phi) is 8.44. The number of hydrogen-bond acceptors (Lipinski definition) is 1. The summed E-state index contributed by atoms with van der Waals surface area (Å²) >= 11 is 5.77. The molecule has 0 spiro atoms. The smallest absolute Gasteiger partial charge is 0.0499 e. The summed E-state index contributed by atoms with van der Waals surface area (Å²) in [5.41, 5.74) is 1.17. The molecule has 1 aromatic carbocycles. The van der Waals surface area contributed by atoms with Crippen LogP contribution in [0.3, 0.4) is 0 Å². The lowest BCUT2D eigenvalue weighted by Gasteiger charge is -2.12. The summed E-state index contributed by atoms with van der Waals surface area (Å²) in [4.78, 5) is 0. The fourth-order valence-electron chi connectivity index (χ4n) is 1.45. The number of halogens is 1. The van der Waals surface area contributed by atoms with Crippen LogP contribution in [0.15, 0.2) is 24.3 Å². The van der Waals surface area contributed by atoms with Gasteiger partial charge in [0.1, 0.15) is 0 Å². The molecule has 0 aliphatic carbocycles.